The van der Waals surface area contributed by atoms with Crippen LogP contribution in [0.2, 0.25) is 5.02 Å². The Balaban J connectivity index is 0.887. The van der Waals surface area contributed by atoms with Crippen LogP contribution in [0.4, 0.5) is 22.7 Å². The predicted octanol–water partition coefficient (Wildman–Crippen LogP) is 11.5. The molecule has 3 aliphatic rings. The lowest BCUT2D eigenvalue weighted by Gasteiger charge is -2.37. The van der Waals surface area contributed by atoms with Crippen LogP contribution in [0, 0.1) is 28.9 Å². The van der Waals surface area contributed by atoms with Crippen LogP contribution < -0.4 is 19.8 Å². The number of nitro benzene ring substituents is 1. The van der Waals surface area contributed by atoms with Crippen LogP contribution in [-0.4, -0.2) is 105 Å². The fourth-order valence-electron chi connectivity index (χ4n) is 10.9. The molecule has 1 aromatic heterocycles. The Morgan fingerprint density at radius 3 is 2.14 bits per heavy atom. The van der Waals surface area contributed by atoms with Crippen molar-refractivity contribution in [3.05, 3.63) is 148 Å². The van der Waals surface area contributed by atoms with Gasteiger partial charge in [0, 0.05) is 94.1 Å². The summed E-state index contributed by atoms with van der Waals surface area (Å²) in [5, 5.41) is 23.2. The molecule has 0 bridgehead atoms. The highest BCUT2D eigenvalue weighted by molar-refractivity contribution is 7.99. The molecule has 0 radical (unpaired) electrons. The number of aromatic nitrogens is 1. The number of anilines is 3. The van der Waals surface area contributed by atoms with Gasteiger partial charge in [-0.25, -0.2) is 8.42 Å². The number of piperazine rings is 1. The first-order valence-electron chi connectivity index (χ1n) is 25.3. The molecule has 3 fully saturated rings. The molecular weight excluding hydrogens is 1020 g/mol. The maximum Gasteiger partial charge on any atom is 0.326 e. The number of likely N-dealkylation sites (tertiary alicyclic amines) is 1. The molecule has 14 nitrogen and oxygen atoms in total. The standard InChI is InChI=1S/C56H64ClN6O8PS2/c1-39(2)62-40(3)55(74(4,69)70)53(54(62)42-13-16-46(57)17-14-42)45-9-8-10-49(36-45)60-31-29-59(30-32-60)47-18-20-48(21-19-47)61-33-34-71-72(61,68)50-22-15-44(52(37-50)63(66)67)35-41(38-73-51-11-6-5-7-12-51)23-26-58-27-24-43(25-28-58)56(64)65/h5-22,36-37,39,41,43H,23-35,38H2,1-4H3,(H,64,65)/t41-,72-/m0/s1. The maximum atomic E-state index is 14.9. The van der Waals surface area contributed by atoms with Crippen molar-refractivity contribution in [1.29, 1.82) is 0 Å². The minimum absolute atomic E-state index is 0.00396. The first-order chi connectivity index (χ1) is 35.5. The Labute approximate surface area is 443 Å². The zero-order chi connectivity index (χ0) is 52.3. The zero-order valence-corrected chi connectivity index (χ0v) is 45.6. The molecule has 0 aliphatic carbocycles. The van der Waals surface area contributed by atoms with E-state index >= 15 is 0 Å². The number of carbonyl (C=O) groups is 1. The molecule has 2 atom stereocenters. The van der Waals surface area contributed by atoms with Gasteiger partial charge in [-0.3, -0.25) is 24.1 Å². The van der Waals surface area contributed by atoms with E-state index in [9.17, 15) is 33.0 Å². The van der Waals surface area contributed by atoms with E-state index in [4.69, 9.17) is 16.1 Å². The molecule has 18 heteroatoms. The molecule has 6 aromatic rings. The quantitative estimate of drug-likeness (QED) is 0.0375. The lowest BCUT2D eigenvalue weighted by atomic mass is 9.94. The van der Waals surface area contributed by atoms with Gasteiger partial charge in [-0.1, -0.05) is 60.1 Å². The number of rotatable bonds is 18. The number of carboxylic acids is 1. The number of benzene rings is 5. The first kappa shape index (κ1) is 53.2. The molecule has 1 N–H and O–H groups in total. The molecular formula is C56H64ClN6O8PS2. The number of aliphatic carboxylic acids is 1. The molecule has 390 valence electrons. The van der Waals surface area contributed by atoms with Crippen LogP contribution in [0.5, 0.6) is 0 Å². The van der Waals surface area contributed by atoms with E-state index in [0.717, 1.165) is 78.0 Å². The van der Waals surface area contributed by atoms with Crippen molar-refractivity contribution in [2.75, 3.05) is 85.4 Å². The second-order valence-electron chi connectivity index (χ2n) is 19.9. The van der Waals surface area contributed by atoms with Gasteiger partial charge < -0.3 is 28.9 Å². The van der Waals surface area contributed by atoms with Crippen LogP contribution in [0.3, 0.4) is 0 Å². The van der Waals surface area contributed by atoms with E-state index in [1.165, 1.54) is 12.3 Å². The van der Waals surface area contributed by atoms with Gasteiger partial charge in [-0.05, 0) is 150 Å². The minimum Gasteiger partial charge on any atom is -0.481 e. The third kappa shape index (κ3) is 11.6. The van der Waals surface area contributed by atoms with E-state index < -0.39 is 23.3 Å². The highest BCUT2D eigenvalue weighted by Gasteiger charge is 2.41. The summed E-state index contributed by atoms with van der Waals surface area (Å²) in [6, 6.07) is 38.6. The van der Waals surface area contributed by atoms with Gasteiger partial charge in [0.15, 0.2) is 9.84 Å². The fourth-order valence-corrected chi connectivity index (χ4v) is 15.6. The Bertz CT molecular complexity index is 3140. The minimum atomic E-state index is -3.71. The van der Waals surface area contributed by atoms with Crippen LogP contribution in [0.15, 0.2) is 131 Å². The van der Waals surface area contributed by atoms with E-state index in [1.54, 1.807) is 28.6 Å². The number of nitro groups is 1. The maximum absolute atomic E-state index is 14.9. The lowest BCUT2D eigenvalue weighted by molar-refractivity contribution is -0.385. The number of nitrogens with zero attached hydrogens (tertiary/aromatic N) is 6. The topological polar surface area (TPSA) is 159 Å². The van der Waals surface area contributed by atoms with Gasteiger partial charge in [0.05, 0.1) is 39.9 Å². The summed E-state index contributed by atoms with van der Waals surface area (Å²) in [6.07, 6.45) is 3.77. The van der Waals surface area contributed by atoms with Crippen molar-refractivity contribution in [2.45, 2.75) is 62.3 Å². The molecule has 3 aliphatic heterocycles. The third-order valence-corrected chi connectivity index (χ3v) is 20.0. The SMILES string of the molecule is Cc1c(S(C)(=O)=O)c(-c2cccc(N3CCN(c4ccc(N5CCO[P@@]5(=O)c5ccc(C[C@H](CCN6CCC(C(=O)O)CC6)CSc6ccccc6)c([N+](=O)[O-])c5)cc4)CC3)c2)c(-c2ccc(Cl)cc2)n1C(C)C. The molecule has 4 heterocycles. The summed E-state index contributed by atoms with van der Waals surface area (Å²) >= 11 is 8.03. The highest BCUT2D eigenvalue weighted by atomic mass is 35.5. The van der Waals surface area contributed by atoms with Gasteiger partial charge in [-0.15, -0.1) is 11.8 Å². The van der Waals surface area contributed by atoms with Gasteiger partial charge in [0.25, 0.3) is 5.69 Å². The summed E-state index contributed by atoms with van der Waals surface area (Å²) in [6.45, 7) is 11.7. The summed E-state index contributed by atoms with van der Waals surface area (Å²) in [5.41, 5.74) is 7.15. The smallest absolute Gasteiger partial charge is 0.326 e. The average Bonchev–Trinajstić information content (AvgIpc) is 3.96. The van der Waals surface area contributed by atoms with E-state index in [1.807, 2.05) is 85.8 Å². The number of piperidine rings is 1. The van der Waals surface area contributed by atoms with Crippen LogP contribution in [-0.2, 0) is 30.1 Å². The van der Waals surface area contributed by atoms with Crippen molar-refractivity contribution < 1.29 is 32.3 Å². The molecule has 74 heavy (non-hydrogen) atoms. The van der Waals surface area contributed by atoms with Crippen molar-refractivity contribution in [3.8, 4) is 22.4 Å². The van der Waals surface area contributed by atoms with Crippen LogP contribution in [0.25, 0.3) is 22.4 Å². The summed E-state index contributed by atoms with van der Waals surface area (Å²) in [5.74, 6) is -0.209. The molecule has 0 saturated carbocycles. The predicted molar refractivity (Wildman–Crippen MR) is 299 cm³/mol. The molecule has 0 amide bonds. The van der Waals surface area contributed by atoms with E-state index in [0.29, 0.717) is 71.3 Å². The van der Waals surface area contributed by atoms with Crippen molar-refractivity contribution in [3.63, 3.8) is 0 Å². The average molecular weight is 1080 g/mol. The van der Waals surface area contributed by atoms with Crippen LogP contribution in [0.1, 0.15) is 50.4 Å². The Morgan fingerprint density at radius 2 is 1.50 bits per heavy atom. The Kier molecular flexibility index (Phi) is 16.3. The summed E-state index contributed by atoms with van der Waals surface area (Å²) in [7, 11) is -7.34. The summed E-state index contributed by atoms with van der Waals surface area (Å²) in [4.78, 5) is 32.3. The third-order valence-electron chi connectivity index (χ3n) is 14.7. The Morgan fingerprint density at radius 1 is 0.838 bits per heavy atom. The second-order valence-corrected chi connectivity index (χ2v) is 25.7. The highest BCUT2D eigenvalue weighted by Crippen LogP contribution is 2.56. The molecule has 5 aromatic carbocycles. The first-order valence-corrected chi connectivity index (χ1v) is 30.2. The van der Waals surface area contributed by atoms with Crippen molar-refractivity contribution in [2.24, 2.45) is 11.8 Å². The normalized spacial score (nSPS) is 18.3. The molecule has 0 unspecified atom stereocenters. The Hall–Kier alpha value is -5.61. The number of hydrogen-bond acceptors (Lipinski definition) is 11. The number of carboxylic acid groups (broad SMARTS) is 1. The molecule has 0 spiro atoms. The van der Waals surface area contributed by atoms with E-state index in [2.05, 4.69) is 57.4 Å². The molecule has 9 rings (SSSR count). The van der Waals surface area contributed by atoms with E-state index in [-0.39, 0.29) is 40.4 Å². The van der Waals surface area contributed by atoms with Crippen LogP contribution >= 0.6 is 30.9 Å². The second kappa shape index (κ2) is 22.7. The number of halogens is 1. The number of hydrogen-bond donors (Lipinski definition) is 1. The zero-order valence-electron chi connectivity index (χ0n) is 42.3. The number of sulfone groups is 1. The monoisotopic (exact) mass is 1080 g/mol. The van der Waals surface area contributed by atoms with Gasteiger partial charge in [-0.2, -0.15) is 0 Å². The van der Waals surface area contributed by atoms with Crippen molar-refractivity contribution >= 4 is 74.7 Å². The fraction of sp³-hybridized carbons (Fsp3) is 0.375. The van der Waals surface area contributed by atoms with Gasteiger partial charge >= 0.3 is 13.5 Å². The lowest BCUT2D eigenvalue weighted by Crippen LogP contribution is -2.46. The summed E-state index contributed by atoms with van der Waals surface area (Å²) < 4.78 is 51.9. The van der Waals surface area contributed by atoms with Gasteiger partial charge in [0.2, 0.25) is 0 Å². The van der Waals surface area contributed by atoms with Gasteiger partial charge in [0.1, 0.15) is 0 Å². The molecule has 3 saturated heterocycles. The van der Waals surface area contributed by atoms with Crippen molar-refractivity contribution in [1.82, 2.24) is 9.47 Å². The number of thioether (sulfide) groups is 1. The largest absolute Gasteiger partial charge is 0.481 e.